The van der Waals surface area contributed by atoms with Crippen molar-refractivity contribution < 1.29 is 9.53 Å². The molecule has 0 fully saturated rings. The molecule has 0 bridgehead atoms. The summed E-state index contributed by atoms with van der Waals surface area (Å²) in [4.78, 5) is 20.3. The van der Waals surface area contributed by atoms with Gasteiger partial charge in [-0.15, -0.1) is 0 Å². The second kappa shape index (κ2) is 8.04. The number of carbonyl (C=O) groups is 1. The maximum Gasteiger partial charge on any atom is 0.410 e. The lowest BCUT2D eigenvalue weighted by molar-refractivity contribution is 0.0292. The number of ether oxygens (including phenoxy) is 1. The van der Waals surface area contributed by atoms with Gasteiger partial charge in [0.1, 0.15) is 5.60 Å². The third-order valence-corrected chi connectivity index (χ3v) is 3.63. The second-order valence-electron chi connectivity index (χ2n) is 6.93. The summed E-state index contributed by atoms with van der Waals surface area (Å²) in [5.41, 5.74) is 0.751. The third kappa shape index (κ3) is 5.76. The number of nitrogens with one attached hydrogen (secondary N) is 1. The van der Waals surface area contributed by atoms with Crippen LogP contribution < -0.4 is 5.32 Å². The molecule has 0 saturated carbocycles. The molecule has 132 valence electrons. The molecule has 0 aliphatic carbocycles. The highest BCUT2D eigenvalue weighted by Gasteiger charge is 2.21. The number of hydrogen-bond acceptors (Lipinski definition) is 5. The number of rotatable bonds is 5. The van der Waals surface area contributed by atoms with Crippen LogP contribution in [0, 0.1) is 0 Å². The van der Waals surface area contributed by atoms with Gasteiger partial charge in [0.25, 0.3) is 0 Å². The number of guanidine groups is 1. The quantitative estimate of drug-likeness (QED) is 0.899. The first-order valence-corrected chi connectivity index (χ1v) is 8.36. The van der Waals surface area contributed by atoms with Crippen molar-refractivity contribution in [3.8, 4) is 0 Å². The summed E-state index contributed by atoms with van der Waals surface area (Å²) in [6.45, 7) is 9.36. The van der Waals surface area contributed by atoms with Crippen LogP contribution >= 0.6 is 0 Å². The van der Waals surface area contributed by atoms with Crippen molar-refractivity contribution in [1.82, 2.24) is 15.1 Å². The average molecular weight is 332 g/mol. The standard InChI is InChI=1S/C18H28N4O2/c1-18(2,3)24-17(23)21(4)12-13-22-11-10-19-16(22)20-14-15-8-6-5-7-9-15/h5-9H,10-14H2,1-4H3,(H,19,20). The zero-order valence-corrected chi connectivity index (χ0v) is 15.1. The molecule has 0 atom stereocenters. The zero-order valence-electron chi connectivity index (χ0n) is 15.1. The maximum atomic E-state index is 12.0. The molecule has 0 saturated heterocycles. The molecule has 6 heteroatoms. The number of benzene rings is 1. The summed E-state index contributed by atoms with van der Waals surface area (Å²) in [6, 6.07) is 10.2. The van der Waals surface area contributed by atoms with Crippen molar-refractivity contribution in [1.29, 1.82) is 0 Å². The highest BCUT2D eigenvalue weighted by molar-refractivity contribution is 5.81. The van der Waals surface area contributed by atoms with Gasteiger partial charge < -0.3 is 19.9 Å². The first kappa shape index (κ1) is 18.1. The highest BCUT2D eigenvalue weighted by Crippen LogP contribution is 2.09. The lowest BCUT2D eigenvalue weighted by atomic mass is 10.2. The zero-order chi connectivity index (χ0) is 17.6. The van der Waals surface area contributed by atoms with Crippen LogP contribution in [-0.4, -0.2) is 60.7 Å². The summed E-state index contributed by atoms with van der Waals surface area (Å²) in [7, 11) is 1.76. The molecule has 1 heterocycles. The molecule has 0 radical (unpaired) electrons. The van der Waals surface area contributed by atoms with E-state index in [1.807, 2.05) is 39.0 Å². The van der Waals surface area contributed by atoms with Gasteiger partial charge in [0.2, 0.25) is 0 Å². The molecule has 24 heavy (non-hydrogen) atoms. The van der Waals surface area contributed by atoms with E-state index in [9.17, 15) is 4.79 Å². The van der Waals surface area contributed by atoms with Crippen molar-refractivity contribution in [3.63, 3.8) is 0 Å². The minimum atomic E-state index is -0.469. The van der Waals surface area contributed by atoms with Gasteiger partial charge in [0.15, 0.2) is 5.96 Å². The van der Waals surface area contributed by atoms with E-state index in [0.29, 0.717) is 6.54 Å². The molecule has 6 nitrogen and oxygen atoms in total. The average Bonchev–Trinajstić information content (AvgIpc) is 2.97. The monoisotopic (exact) mass is 332 g/mol. The first-order chi connectivity index (χ1) is 11.3. The first-order valence-electron chi connectivity index (χ1n) is 8.36. The Kier molecular flexibility index (Phi) is 6.06. The van der Waals surface area contributed by atoms with E-state index in [-0.39, 0.29) is 6.09 Å². The van der Waals surface area contributed by atoms with Crippen LogP contribution in [0.5, 0.6) is 0 Å². The Labute approximate surface area is 144 Å². The fourth-order valence-electron chi connectivity index (χ4n) is 2.35. The number of amides is 1. The fourth-order valence-corrected chi connectivity index (χ4v) is 2.35. The van der Waals surface area contributed by atoms with E-state index in [4.69, 9.17) is 4.74 Å². The molecule has 0 spiro atoms. The summed E-state index contributed by atoms with van der Waals surface area (Å²) in [5, 5.41) is 3.38. The smallest absolute Gasteiger partial charge is 0.410 e. The molecule has 2 rings (SSSR count). The van der Waals surface area contributed by atoms with Crippen LogP contribution in [0.4, 0.5) is 4.79 Å². The van der Waals surface area contributed by atoms with Gasteiger partial charge in [-0.3, -0.25) is 4.99 Å². The van der Waals surface area contributed by atoms with Crippen LogP contribution in [0.1, 0.15) is 26.3 Å². The normalized spacial score (nSPS) is 14.3. The Balaban J connectivity index is 1.77. The van der Waals surface area contributed by atoms with Crippen LogP contribution in [0.25, 0.3) is 0 Å². The van der Waals surface area contributed by atoms with E-state index < -0.39 is 5.60 Å². The Hall–Kier alpha value is -2.24. The number of likely N-dealkylation sites (N-methyl/N-ethyl adjacent to an activating group) is 1. The molecule has 0 unspecified atom stereocenters. The third-order valence-electron chi connectivity index (χ3n) is 3.63. The number of nitrogens with zero attached hydrogens (tertiary/aromatic N) is 3. The molecular formula is C18H28N4O2. The lowest BCUT2D eigenvalue weighted by Gasteiger charge is -2.27. The molecule has 1 aromatic carbocycles. The summed E-state index contributed by atoms with van der Waals surface area (Å²) in [5.74, 6) is 0.899. The largest absolute Gasteiger partial charge is 0.444 e. The van der Waals surface area contributed by atoms with Crippen LogP contribution in [-0.2, 0) is 11.3 Å². The number of carbonyl (C=O) groups excluding carboxylic acids is 1. The fraction of sp³-hybridized carbons (Fsp3) is 0.556. The van der Waals surface area contributed by atoms with E-state index in [2.05, 4.69) is 27.3 Å². The van der Waals surface area contributed by atoms with Gasteiger partial charge in [-0.05, 0) is 26.3 Å². The molecule has 1 aromatic rings. The van der Waals surface area contributed by atoms with Gasteiger partial charge in [-0.25, -0.2) is 4.79 Å². The number of aliphatic imine (C=N–C) groups is 1. The van der Waals surface area contributed by atoms with Gasteiger partial charge in [-0.2, -0.15) is 0 Å². The maximum absolute atomic E-state index is 12.0. The lowest BCUT2D eigenvalue weighted by Crippen LogP contribution is -2.43. The van der Waals surface area contributed by atoms with Gasteiger partial charge in [0.05, 0.1) is 6.54 Å². The molecule has 1 amide bonds. The van der Waals surface area contributed by atoms with Crippen molar-refractivity contribution >= 4 is 12.1 Å². The van der Waals surface area contributed by atoms with Crippen LogP contribution in [0.3, 0.4) is 0 Å². The predicted octanol–water partition coefficient (Wildman–Crippen LogP) is 2.31. The predicted molar refractivity (Wildman–Crippen MR) is 96.0 cm³/mol. The van der Waals surface area contributed by atoms with Gasteiger partial charge in [-0.1, -0.05) is 30.3 Å². The Morgan fingerprint density at radius 1 is 1.33 bits per heavy atom. The Morgan fingerprint density at radius 3 is 2.71 bits per heavy atom. The molecule has 1 aliphatic rings. The van der Waals surface area contributed by atoms with Crippen LogP contribution in [0.15, 0.2) is 35.3 Å². The summed E-state index contributed by atoms with van der Waals surface area (Å²) >= 11 is 0. The van der Waals surface area contributed by atoms with E-state index in [0.717, 1.165) is 32.1 Å². The molecule has 0 aromatic heterocycles. The molecular weight excluding hydrogens is 304 g/mol. The summed E-state index contributed by atoms with van der Waals surface area (Å²) in [6.07, 6.45) is -0.294. The topological polar surface area (TPSA) is 57.2 Å². The van der Waals surface area contributed by atoms with E-state index >= 15 is 0 Å². The number of hydrogen-bond donors (Lipinski definition) is 1. The Bertz CT molecular complexity index is 566. The van der Waals surface area contributed by atoms with Crippen molar-refractivity contribution in [3.05, 3.63) is 35.9 Å². The second-order valence-corrected chi connectivity index (χ2v) is 6.93. The minimum absolute atomic E-state index is 0.294. The SMILES string of the molecule is CN(CCN1CCN=C1NCc1ccccc1)C(=O)OC(C)(C)C. The molecule has 1 aliphatic heterocycles. The van der Waals surface area contributed by atoms with E-state index in [1.165, 1.54) is 5.56 Å². The highest BCUT2D eigenvalue weighted by atomic mass is 16.6. The van der Waals surface area contributed by atoms with Crippen LogP contribution in [0.2, 0.25) is 0 Å². The van der Waals surface area contributed by atoms with E-state index in [1.54, 1.807) is 11.9 Å². The van der Waals surface area contributed by atoms with Crippen molar-refractivity contribution in [2.45, 2.75) is 32.9 Å². The van der Waals surface area contributed by atoms with Crippen molar-refractivity contribution in [2.24, 2.45) is 4.99 Å². The Morgan fingerprint density at radius 2 is 2.04 bits per heavy atom. The summed E-state index contributed by atoms with van der Waals surface area (Å²) < 4.78 is 5.37. The van der Waals surface area contributed by atoms with Gasteiger partial charge in [0, 0.05) is 33.2 Å². The molecule has 1 N–H and O–H groups in total. The minimum Gasteiger partial charge on any atom is -0.444 e. The van der Waals surface area contributed by atoms with Crippen molar-refractivity contribution in [2.75, 3.05) is 33.2 Å². The van der Waals surface area contributed by atoms with Gasteiger partial charge >= 0.3 is 6.09 Å².